The largest absolute Gasteiger partial charge is 0.417 e. The molecule has 9 heteroatoms. The second kappa shape index (κ2) is 6.29. The number of hydrogen-bond donors (Lipinski definition) is 2. The maximum Gasteiger partial charge on any atom is 0.417 e. The Morgan fingerprint density at radius 1 is 1.29 bits per heavy atom. The number of halogens is 3. The summed E-state index contributed by atoms with van der Waals surface area (Å²) in [5.74, 6) is -0.296. The molecule has 0 aromatic heterocycles. The van der Waals surface area contributed by atoms with Crippen molar-refractivity contribution in [3.05, 3.63) is 29.8 Å². The Labute approximate surface area is 126 Å². The number of alkyl halides is 3. The highest BCUT2D eigenvalue weighted by molar-refractivity contribution is 7.89. The standard InChI is InChI=1S/C12H15F3N2O2S2/c1-7(2)10(11(16)20)17-21(18,19)9-6-4-3-5-8(9)12(13,14)15/h3-7,10,17H,1-2H3,(H2,16,20). The predicted molar refractivity (Wildman–Crippen MR) is 77.2 cm³/mol. The van der Waals surface area contributed by atoms with Gasteiger partial charge in [0.25, 0.3) is 0 Å². The molecule has 0 fully saturated rings. The van der Waals surface area contributed by atoms with E-state index >= 15 is 0 Å². The third-order valence-corrected chi connectivity index (χ3v) is 4.49. The van der Waals surface area contributed by atoms with Gasteiger partial charge in [-0.25, -0.2) is 13.1 Å². The van der Waals surface area contributed by atoms with Gasteiger partial charge in [-0.3, -0.25) is 0 Å². The highest BCUT2D eigenvalue weighted by atomic mass is 32.2. The van der Waals surface area contributed by atoms with Crippen molar-refractivity contribution in [3.63, 3.8) is 0 Å². The third-order valence-electron chi connectivity index (χ3n) is 2.74. The summed E-state index contributed by atoms with van der Waals surface area (Å²) in [7, 11) is -4.40. The van der Waals surface area contributed by atoms with E-state index in [0.717, 1.165) is 12.1 Å². The summed E-state index contributed by atoms with van der Waals surface area (Å²) in [6.45, 7) is 3.31. The number of thiocarbonyl (C=S) groups is 1. The smallest absolute Gasteiger partial charge is 0.392 e. The van der Waals surface area contributed by atoms with Gasteiger partial charge < -0.3 is 5.73 Å². The molecular weight excluding hydrogens is 325 g/mol. The first-order chi connectivity index (χ1) is 9.47. The number of benzene rings is 1. The van der Waals surface area contributed by atoms with Crippen molar-refractivity contribution >= 4 is 27.2 Å². The van der Waals surface area contributed by atoms with E-state index in [-0.39, 0.29) is 10.9 Å². The Morgan fingerprint density at radius 2 is 1.81 bits per heavy atom. The molecule has 0 saturated carbocycles. The summed E-state index contributed by atoms with van der Waals surface area (Å²) in [6, 6.07) is 3.01. The van der Waals surface area contributed by atoms with E-state index in [1.165, 1.54) is 6.07 Å². The second-order valence-electron chi connectivity index (χ2n) is 4.74. The molecule has 0 bridgehead atoms. The molecule has 4 nitrogen and oxygen atoms in total. The van der Waals surface area contributed by atoms with Crippen molar-refractivity contribution in [2.75, 3.05) is 0 Å². The van der Waals surface area contributed by atoms with Crippen molar-refractivity contribution in [1.82, 2.24) is 4.72 Å². The lowest BCUT2D eigenvalue weighted by Crippen LogP contribution is -2.47. The minimum absolute atomic E-state index is 0.127. The molecule has 0 aliphatic carbocycles. The first-order valence-electron chi connectivity index (χ1n) is 5.94. The van der Waals surface area contributed by atoms with E-state index in [2.05, 4.69) is 4.72 Å². The van der Waals surface area contributed by atoms with Crippen LogP contribution < -0.4 is 10.5 Å². The lowest BCUT2D eigenvalue weighted by Gasteiger charge is -2.22. The molecular formula is C12H15F3N2O2S2. The molecule has 21 heavy (non-hydrogen) atoms. The normalized spacial score (nSPS) is 14.2. The average molecular weight is 340 g/mol. The van der Waals surface area contributed by atoms with Gasteiger partial charge >= 0.3 is 6.18 Å². The number of rotatable bonds is 5. The van der Waals surface area contributed by atoms with E-state index in [9.17, 15) is 21.6 Å². The Balaban J connectivity index is 3.30. The molecule has 118 valence electrons. The molecule has 1 atom stereocenters. The van der Waals surface area contributed by atoms with Gasteiger partial charge in [-0.1, -0.05) is 38.2 Å². The number of hydrogen-bond acceptors (Lipinski definition) is 3. The lowest BCUT2D eigenvalue weighted by atomic mass is 10.1. The van der Waals surface area contributed by atoms with Crippen LogP contribution in [-0.4, -0.2) is 19.4 Å². The van der Waals surface area contributed by atoms with Crippen molar-refractivity contribution < 1.29 is 21.6 Å². The molecule has 1 rings (SSSR count). The van der Waals surface area contributed by atoms with E-state index in [1.807, 2.05) is 0 Å². The van der Waals surface area contributed by atoms with Gasteiger partial charge in [0.05, 0.1) is 21.5 Å². The van der Waals surface area contributed by atoms with Crippen molar-refractivity contribution in [3.8, 4) is 0 Å². The van der Waals surface area contributed by atoms with Gasteiger partial charge in [0, 0.05) is 0 Å². The van der Waals surface area contributed by atoms with Gasteiger partial charge in [-0.2, -0.15) is 13.2 Å². The number of sulfonamides is 1. The lowest BCUT2D eigenvalue weighted by molar-refractivity contribution is -0.139. The number of nitrogens with one attached hydrogen (secondary N) is 1. The van der Waals surface area contributed by atoms with E-state index in [0.29, 0.717) is 6.07 Å². The summed E-state index contributed by atoms with van der Waals surface area (Å²) in [5.41, 5.74) is 4.20. The van der Waals surface area contributed by atoms with Crippen LogP contribution in [0.5, 0.6) is 0 Å². The molecule has 0 aliphatic heterocycles. The topological polar surface area (TPSA) is 72.2 Å². The van der Waals surface area contributed by atoms with Crippen LogP contribution in [0, 0.1) is 5.92 Å². The summed E-state index contributed by atoms with van der Waals surface area (Å²) >= 11 is 4.75. The van der Waals surface area contributed by atoms with Gasteiger partial charge in [-0.15, -0.1) is 0 Å². The van der Waals surface area contributed by atoms with Crippen LogP contribution in [0.2, 0.25) is 0 Å². The van der Waals surface area contributed by atoms with Crippen LogP contribution in [0.15, 0.2) is 29.2 Å². The fourth-order valence-electron chi connectivity index (χ4n) is 1.69. The molecule has 1 aromatic rings. The zero-order valence-corrected chi connectivity index (χ0v) is 12.9. The molecule has 3 N–H and O–H groups in total. The minimum Gasteiger partial charge on any atom is -0.392 e. The van der Waals surface area contributed by atoms with Crippen LogP contribution in [0.4, 0.5) is 13.2 Å². The zero-order valence-electron chi connectivity index (χ0n) is 11.3. The molecule has 1 unspecified atom stereocenters. The monoisotopic (exact) mass is 340 g/mol. The molecule has 0 saturated heterocycles. The summed E-state index contributed by atoms with van der Waals surface area (Å²) in [4.78, 5) is -0.975. The summed E-state index contributed by atoms with van der Waals surface area (Å²) in [5, 5.41) is 0. The first kappa shape index (κ1) is 17.9. The summed E-state index contributed by atoms with van der Waals surface area (Å²) < 4.78 is 65.2. The van der Waals surface area contributed by atoms with E-state index in [1.54, 1.807) is 13.8 Å². The molecule has 0 spiro atoms. The van der Waals surface area contributed by atoms with E-state index < -0.39 is 32.7 Å². The van der Waals surface area contributed by atoms with Gasteiger partial charge in [-0.05, 0) is 18.1 Å². The van der Waals surface area contributed by atoms with Crippen LogP contribution in [0.25, 0.3) is 0 Å². The van der Waals surface area contributed by atoms with Gasteiger partial charge in [0.2, 0.25) is 10.0 Å². The van der Waals surface area contributed by atoms with Crippen LogP contribution in [0.3, 0.4) is 0 Å². The minimum atomic E-state index is -4.78. The fourth-order valence-corrected chi connectivity index (χ4v) is 3.69. The molecule has 0 aliphatic rings. The van der Waals surface area contributed by atoms with Crippen LogP contribution >= 0.6 is 12.2 Å². The van der Waals surface area contributed by atoms with Crippen LogP contribution in [-0.2, 0) is 16.2 Å². The summed E-state index contributed by atoms with van der Waals surface area (Å²) in [6.07, 6.45) is -4.78. The third kappa shape index (κ3) is 4.39. The SMILES string of the molecule is CC(C)C(NS(=O)(=O)c1ccccc1C(F)(F)F)C(N)=S. The van der Waals surface area contributed by atoms with Gasteiger partial charge in [0.1, 0.15) is 0 Å². The molecule has 1 aromatic carbocycles. The van der Waals surface area contributed by atoms with Crippen LogP contribution in [0.1, 0.15) is 19.4 Å². The molecule has 0 heterocycles. The highest BCUT2D eigenvalue weighted by Crippen LogP contribution is 2.34. The zero-order chi connectivity index (χ0) is 16.4. The maximum absolute atomic E-state index is 12.9. The Morgan fingerprint density at radius 3 is 2.24 bits per heavy atom. The maximum atomic E-state index is 12.9. The van der Waals surface area contributed by atoms with Gasteiger partial charge in [0.15, 0.2) is 0 Å². The van der Waals surface area contributed by atoms with Crippen molar-refractivity contribution in [1.29, 1.82) is 0 Å². The predicted octanol–water partition coefficient (Wildman–Crippen LogP) is 2.29. The Kier molecular flexibility index (Phi) is 5.35. The number of nitrogens with two attached hydrogens (primary N) is 1. The molecule has 0 amide bonds. The Bertz CT molecular complexity index is 628. The quantitative estimate of drug-likeness (QED) is 0.807. The van der Waals surface area contributed by atoms with E-state index in [4.69, 9.17) is 18.0 Å². The van der Waals surface area contributed by atoms with Crippen molar-refractivity contribution in [2.24, 2.45) is 11.7 Å². The highest BCUT2D eigenvalue weighted by Gasteiger charge is 2.37. The first-order valence-corrected chi connectivity index (χ1v) is 7.84. The fraction of sp³-hybridized carbons (Fsp3) is 0.417. The Hall–Kier alpha value is -1.19. The van der Waals surface area contributed by atoms with Crippen molar-refractivity contribution in [2.45, 2.75) is 31.0 Å². The molecule has 0 radical (unpaired) electrons. The second-order valence-corrected chi connectivity index (χ2v) is 6.89. The average Bonchev–Trinajstić information content (AvgIpc) is 2.34.